The zero-order valence-electron chi connectivity index (χ0n) is 34.5. The van der Waals surface area contributed by atoms with Gasteiger partial charge in [-0.25, -0.2) is 4.79 Å². The second-order valence-corrected chi connectivity index (χ2v) is 15.1. The van der Waals surface area contributed by atoms with Crippen molar-refractivity contribution < 1.29 is 28.5 Å². The quantitative estimate of drug-likeness (QED) is 0.0495. The summed E-state index contributed by atoms with van der Waals surface area (Å²) in [4.78, 5) is 21.0. The van der Waals surface area contributed by atoms with Crippen LogP contribution < -0.4 is 5.32 Å². The van der Waals surface area contributed by atoms with Crippen LogP contribution in [0.2, 0.25) is 0 Å². The normalized spacial score (nSPS) is 17.8. The first kappa shape index (κ1) is 43.0. The van der Waals surface area contributed by atoms with E-state index in [2.05, 4.69) is 46.6 Å². The van der Waals surface area contributed by atoms with Crippen molar-refractivity contribution in [3.05, 3.63) is 215 Å². The maximum absolute atomic E-state index is 13.8. The lowest BCUT2D eigenvalue weighted by molar-refractivity contribution is -0.200. The second-order valence-electron chi connectivity index (χ2n) is 15.1. The van der Waals surface area contributed by atoms with Crippen molar-refractivity contribution in [3.8, 4) is 0 Å². The summed E-state index contributed by atoms with van der Waals surface area (Å²) in [5.74, 6) is 0.363. The fraction of sp³-hybridized carbons (Fsp3) is 0.269. The second kappa shape index (κ2) is 23.6. The van der Waals surface area contributed by atoms with Crippen molar-refractivity contribution in [2.24, 2.45) is 4.99 Å². The molecule has 1 N–H and O–H groups in total. The van der Waals surface area contributed by atoms with Crippen LogP contribution >= 0.6 is 0 Å². The Hall–Kier alpha value is -6.10. The maximum Gasteiger partial charge on any atom is 0.414 e. The largest absolute Gasteiger partial charge is 0.444 e. The van der Waals surface area contributed by atoms with E-state index < -0.39 is 30.4 Å². The number of guanidine groups is 1. The smallest absolute Gasteiger partial charge is 0.414 e. The van der Waals surface area contributed by atoms with Crippen LogP contribution in [0.5, 0.6) is 0 Å². The molecule has 1 aliphatic rings. The van der Waals surface area contributed by atoms with Crippen LogP contribution in [0.25, 0.3) is 0 Å². The number of amides is 1. The predicted octanol–water partition coefficient (Wildman–Crippen LogP) is 9.56. The molecule has 0 aliphatic carbocycles. The van der Waals surface area contributed by atoms with E-state index in [0.29, 0.717) is 45.5 Å². The number of aryl methyl sites for hydroxylation is 1. The van der Waals surface area contributed by atoms with E-state index in [1.165, 1.54) is 5.56 Å². The molecular weight excluding hydrogens is 763 g/mol. The zero-order chi connectivity index (χ0) is 41.7. The van der Waals surface area contributed by atoms with Gasteiger partial charge in [0.2, 0.25) is 5.96 Å². The number of carbonyl (C=O) groups excluding carboxylic acids is 1. The van der Waals surface area contributed by atoms with Crippen LogP contribution in [0, 0.1) is 0 Å². The van der Waals surface area contributed by atoms with Crippen LogP contribution in [0.4, 0.5) is 4.79 Å². The monoisotopic (exact) mass is 817 g/mol. The highest BCUT2D eigenvalue weighted by atomic mass is 16.6. The number of alkyl carbamates (subject to hydrolysis) is 1. The lowest BCUT2D eigenvalue weighted by Crippen LogP contribution is -2.67. The van der Waals surface area contributed by atoms with Gasteiger partial charge < -0.3 is 28.6 Å². The van der Waals surface area contributed by atoms with Crippen LogP contribution in [0.1, 0.15) is 39.8 Å². The predicted molar refractivity (Wildman–Crippen MR) is 238 cm³/mol. The first-order valence-corrected chi connectivity index (χ1v) is 21.1. The van der Waals surface area contributed by atoms with E-state index in [-0.39, 0.29) is 13.2 Å². The molecule has 314 valence electrons. The van der Waals surface area contributed by atoms with Crippen molar-refractivity contribution in [3.63, 3.8) is 0 Å². The average Bonchev–Trinajstić information content (AvgIpc) is 3.32. The number of carbonyl (C=O) groups is 1. The molecule has 61 heavy (non-hydrogen) atoms. The molecular formula is C52H55N3O6. The number of hydrogen-bond donors (Lipinski definition) is 1. The number of rotatable bonds is 19. The molecule has 1 fully saturated rings. The third-order valence-electron chi connectivity index (χ3n) is 10.6. The van der Waals surface area contributed by atoms with Crippen molar-refractivity contribution >= 4 is 12.1 Å². The molecule has 0 spiro atoms. The minimum atomic E-state index is -0.611. The molecule has 0 radical (unpaired) electrons. The zero-order valence-corrected chi connectivity index (χ0v) is 34.5. The number of ether oxygens (including phenoxy) is 5. The van der Waals surface area contributed by atoms with Gasteiger partial charge in [0.1, 0.15) is 24.9 Å². The highest BCUT2D eigenvalue weighted by Crippen LogP contribution is 2.30. The topological polar surface area (TPSA) is 90.9 Å². The number of piperidine rings is 1. The van der Waals surface area contributed by atoms with Gasteiger partial charge in [-0.1, -0.05) is 182 Å². The van der Waals surface area contributed by atoms with Crippen molar-refractivity contribution in [1.29, 1.82) is 0 Å². The molecule has 1 amide bonds. The van der Waals surface area contributed by atoms with E-state index in [9.17, 15) is 4.79 Å². The SMILES string of the molecule is O=C(NC(=NCCCc1ccccc1)N1C[C@H](OCc2ccccc2)[C@@H](OCc2ccccc2)[C@H](OCc2ccccc2)[C@H]1COCc1ccccc1)OCc1ccccc1. The van der Waals surface area contributed by atoms with Gasteiger partial charge >= 0.3 is 6.09 Å². The van der Waals surface area contributed by atoms with Gasteiger partial charge in [0.25, 0.3) is 0 Å². The van der Waals surface area contributed by atoms with Crippen LogP contribution in [-0.2, 0) is 63.1 Å². The Labute approximate surface area is 359 Å². The third kappa shape index (κ3) is 13.7. The molecule has 0 bridgehead atoms. The Kier molecular flexibility index (Phi) is 16.7. The van der Waals surface area contributed by atoms with Crippen molar-refractivity contribution in [2.75, 3.05) is 19.7 Å². The van der Waals surface area contributed by atoms with Crippen LogP contribution in [0.15, 0.2) is 187 Å². The number of nitrogens with zero attached hydrogens (tertiary/aromatic N) is 2. The molecule has 1 heterocycles. The van der Waals surface area contributed by atoms with E-state index >= 15 is 0 Å². The first-order chi connectivity index (χ1) is 30.2. The number of hydrogen-bond acceptors (Lipinski definition) is 7. The highest BCUT2D eigenvalue weighted by Gasteiger charge is 2.47. The molecule has 0 saturated carbocycles. The first-order valence-electron chi connectivity index (χ1n) is 21.1. The van der Waals surface area contributed by atoms with E-state index in [0.717, 1.165) is 40.7 Å². The molecule has 9 heteroatoms. The lowest BCUT2D eigenvalue weighted by Gasteiger charge is -2.49. The standard InChI is InChI=1S/C52H55N3O6/c56-52(61-39-46-30-17-6-18-31-46)54-51(53-33-19-32-41-20-7-1-8-21-41)55-34-48(58-36-43-24-11-3-12-25-43)50(60-38-45-28-15-5-16-29-45)49(59-37-44-26-13-4-14-27-44)47(55)40-57-35-42-22-9-2-10-23-42/h1-18,20-31,47-50H,19,32-40H2,(H,53,54,56)/t47-,48+,49-,50-/m1/s1. The summed E-state index contributed by atoms with van der Waals surface area (Å²) in [6, 6.07) is 60.0. The van der Waals surface area contributed by atoms with Crippen molar-refractivity contribution in [2.45, 2.75) is 70.2 Å². The molecule has 6 aromatic carbocycles. The molecule has 0 unspecified atom stereocenters. The molecule has 0 aromatic heterocycles. The van der Waals surface area contributed by atoms with Gasteiger partial charge in [0.05, 0.1) is 45.6 Å². The Morgan fingerprint density at radius 2 is 0.951 bits per heavy atom. The number of nitrogens with one attached hydrogen (secondary N) is 1. The summed E-state index contributed by atoms with van der Waals surface area (Å²) in [6.07, 6.45) is -0.639. The number of likely N-dealkylation sites (tertiary alicyclic amines) is 1. The van der Waals surface area contributed by atoms with E-state index in [4.69, 9.17) is 28.7 Å². The third-order valence-corrected chi connectivity index (χ3v) is 10.6. The summed E-state index contributed by atoms with van der Waals surface area (Å²) < 4.78 is 33.2. The Morgan fingerprint density at radius 1 is 0.525 bits per heavy atom. The molecule has 9 nitrogen and oxygen atoms in total. The molecule has 7 rings (SSSR count). The lowest BCUT2D eigenvalue weighted by atomic mass is 9.93. The summed E-state index contributed by atoms with van der Waals surface area (Å²) >= 11 is 0. The molecule has 6 aromatic rings. The Bertz CT molecular complexity index is 2160. The summed E-state index contributed by atoms with van der Waals surface area (Å²) in [5, 5.41) is 3.06. The highest BCUT2D eigenvalue weighted by molar-refractivity contribution is 5.94. The Morgan fingerprint density at radius 3 is 1.46 bits per heavy atom. The minimum Gasteiger partial charge on any atom is -0.444 e. The summed E-state index contributed by atoms with van der Waals surface area (Å²) in [6.45, 7) is 2.54. The summed E-state index contributed by atoms with van der Waals surface area (Å²) in [7, 11) is 0. The Balaban J connectivity index is 1.24. The molecule has 1 saturated heterocycles. The maximum atomic E-state index is 13.8. The molecule has 4 atom stereocenters. The van der Waals surface area contributed by atoms with E-state index in [1.807, 2.05) is 146 Å². The van der Waals surface area contributed by atoms with Gasteiger partial charge in [-0.3, -0.25) is 10.3 Å². The fourth-order valence-electron chi connectivity index (χ4n) is 7.37. The summed E-state index contributed by atoms with van der Waals surface area (Å²) in [5.41, 5.74) is 6.24. The van der Waals surface area contributed by atoms with E-state index in [1.54, 1.807) is 0 Å². The fourth-order valence-corrected chi connectivity index (χ4v) is 7.37. The number of benzene rings is 6. The average molecular weight is 818 g/mol. The van der Waals surface area contributed by atoms with Crippen molar-refractivity contribution in [1.82, 2.24) is 10.2 Å². The van der Waals surface area contributed by atoms with Gasteiger partial charge in [0.15, 0.2) is 0 Å². The van der Waals surface area contributed by atoms with Gasteiger partial charge in [-0.05, 0) is 46.2 Å². The minimum absolute atomic E-state index is 0.110. The molecule has 1 aliphatic heterocycles. The van der Waals surface area contributed by atoms with Crippen LogP contribution in [0.3, 0.4) is 0 Å². The number of aliphatic imine (C=N–C) groups is 1. The van der Waals surface area contributed by atoms with Gasteiger partial charge in [-0.2, -0.15) is 0 Å². The van der Waals surface area contributed by atoms with Crippen LogP contribution in [-0.4, -0.2) is 61.0 Å². The van der Waals surface area contributed by atoms with Gasteiger partial charge in [0, 0.05) is 6.54 Å². The van der Waals surface area contributed by atoms with Gasteiger partial charge in [-0.15, -0.1) is 0 Å².